The molecular weight excluding hydrogens is 264 g/mol. The maximum atomic E-state index is 11.8. The fraction of sp³-hybridized carbons (Fsp3) is 0.429. The van der Waals surface area contributed by atoms with Gasteiger partial charge in [0.15, 0.2) is 0 Å². The summed E-state index contributed by atoms with van der Waals surface area (Å²) in [5.74, 6) is -0.371. The number of halogens is 1. The quantitative estimate of drug-likeness (QED) is 0.865. The fourth-order valence-electron chi connectivity index (χ4n) is 2.18. The summed E-state index contributed by atoms with van der Waals surface area (Å²) in [6.07, 6.45) is 1.97. The van der Waals surface area contributed by atoms with E-state index >= 15 is 0 Å². The number of likely N-dealkylation sites (tertiary alicyclic amines) is 1. The molecule has 5 heteroatoms. The molecule has 1 aromatic carbocycles. The van der Waals surface area contributed by atoms with Crippen LogP contribution in [-0.2, 0) is 9.59 Å². The summed E-state index contributed by atoms with van der Waals surface area (Å²) in [4.78, 5) is 25.4. The van der Waals surface area contributed by atoms with Crippen LogP contribution in [0.15, 0.2) is 18.2 Å². The van der Waals surface area contributed by atoms with E-state index in [0.29, 0.717) is 10.7 Å². The SMILES string of the molecule is Cc1cc(Cl)ccc1NC(=O)CC(=O)N1CCCC1. The molecule has 102 valence electrons. The molecule has 1 aromatic rings. The second-order valence-corrected chi connectivity index (χ2v) is 5.21. The third-order valence-electron chi connectivity index (χ3n) is 3.23. The predicted molar refractivity (Wildman–Crippen MR) is 75.2 cm³/mol. The number of nitrogens with zero attached hydrogens (tertiary/aromatic N) is 1. The van der Waals surface area contributed by atoms with Crippen molar-refractivity contribution in [3.05, 3.63) is 28.8 Å². The lowest BCUT2D eigenvalue weighted by Gasteiger charge is -2.15. The lowest BCUT2D eigenvalue weighted by Crippen LogP contribution is -2.31. The molecule has 0 aromatic heterocycles. The third-order valence-corrected chi connectivity index (χ3v) is 3.47. The largest absolute Gasteiger partial charge is 0.342 e. The number of aryl methyl sites for hydroxylation is 1. The summed E-state index contributed by atoms with van der Waals surface area (Å²) in [6.45, 7) is 3.40. The molecule has 0 aliphatic carbocycles. The summed E-state index contributed by atoms with van der Waals surface area (Å²) >= 11 is 5.85. The second-order valence-electron chi connectivity index (χ2n) is 4.77. The lowest BCUT2D eigenvalue weighted by atomic mass is 10.2. The van der Waals surface area contributed by atoms with Crippen LogP contribution >= 0.6 is 11.6 Å². The number of amides is 2. The summed E-state index contributed by atoms with van der Waals surface area (Å²) in [6, 6.07) is 5.24. The first-order chi connectivity index (χ1) is 9.06. The molecule has 1 aliphatic rings. The molecule has 0 spiro atoms. The van der Waals surface area contributed by atoms with E-state index in [4.69, 9.17) is 11.6 Å². The van der Waals surface area contributed by atoms with Gasteiger partial charge in [-0.15, -0.1) is 0 Å². The minimum absolute atomic E-state index is 0.0952. The Kier molecular flexibility index (Phi) is 4.43. The lowest BCUT2D eigenvalue weighted by molar-refractivity contribution is -0.133. The number of hydrogen-bond donors (Lipinski definition) is 1. The molecule has 0 saturated carbocycles. The number of anilines is 1. The molecule has 2 amide bonds. The van der Waals surface area contributed by atoms with Crippen molar-refractivity contribution in [1.29, 1.82) is 0 Å². The molecule has 1 saturated heterocycles. The normalized spacial score (nSPS) is 14.5. The molecule has 1 fully saturated rings. The van der Waals surface area contributed by atoms with Crippen molar-refractivity contribution in [1.82, 2.24) is 4.90 Å². The maximum Gasteiger partial charge on any atom is 0.233 e. The highest BCUT2D eigenvalue weighted by Crippen LogP contribution is 2.19. The Hall–Kier alpha value is -1.55. The highest BCUT2D eigenvalue weighted by atomic mass is 35.5. The molecule has 1 heterocycles. The first-order valence-corrected chi connectivity index (χ1v) is 6.78. The maximum absolute atomic E-state index is 11.8. The van der Waals surface area contributed by atoms with Gasteiger partial charge in [-0.2, -0.15) is 0 Å². The van der Waals surface area contributed by atoms with Crippen LogP contribution in [-0.4, -0.2) is 29.8 Å². The number of carbonyl (C=O) groups excluding carboxylic acids is 2. The molecule has 4 nitrogen and oxygen atoms in total. The van der Waals surface area contributed by atoms with Gasteiger partial charge in [0.1, 0.15) is 6.42 Å². The number of rotatable bonds is 3. The Balaban J connectivity index is 1.91. The molecule has 0 unspecified atom stereocenters. The molecule has 0 radical (unpaired) electrons. The fourth-order valence-corrected chi connectivity index (χ4v) is 2.40. The zero-order valence-corrected chi connectivity index (χ0v) is 11.7. The standard InChI is InChI=1S/C14H17ClN2O2/c1-10-8-11(15)4-5-12(10)16-13(18)9-14(19)17-6-2-3-7-17/h4-5,8H,2-3,6-7,9H2,1H3,(H,16,18). The molecule has 1 N–H and O–H groups in total. The number of carbonyl (C=O) groups is 2. The Morgan fingerprint density at radius 2 is 2.00 bits per heavy atom. The smallest absolute Gasteiger partial charge is 0.233 e. The Morgan fingerprint density at radius 1 is 1.32 bits per heavy atom. The topological polar surface area (TPSA) is 49.4 Å². The zero-order valence-electron chi connectivity index (χ0n) is 10.9. The minimum atomic E-state index is -0.276. The molecular formula is C14H17ClN2O2. The molecule has 19 heavy (non-hydrogen) atoms. The van der Waals surface area contributed by atoms with Crippen LogP contribution in [0.2, 0.25) is 5.02 Å². The molecule has 2 rings (SSSR count). The van der Waals surface area contributed by atoms with E-state index in [-0.39, 0.29) is 18.2 Å². The van der Waals surface area contributed by atoms with E-state index in [1.165, 1.54) is 0 Å². The van der Waals surface area contributed by atoms with Crippen molar-refractivity contribution in [2.75, 3.05) is 18.4 Å². The molecule has 1 aliphatic heterocycles. The zero-order chi connectivity index (χ0) is 13.8. The average molecular weight is 281 g/mol. The average Bonchev–Trinajstić information content (AvgIpc) is 2.86. The van der Waals surface area contributed by atoms with E-state index in [2.05, 4.69) is 5.32 Å². The number of nitrogens with one attached hydrogen (secondary N) is 1. The first kappa shape index (κ1) is 13.9. The van der Waals surface area contributed by atoms with Gasteiger partial charge in [0.25, 0.3) is 0 Å². The highest BCUT2D eigenvalue weighted by molar-refractivity contribution is 6.30. The summed E-state index contributed by atoms with van der Waals surface area (Å²) < 4.78 is 0. The van der Waals surface area contributed by atoms with Crippen LogP contribution in [0.5, 0.6) is 0 Å². The Labute approximate surface area is 117 Å². The van der Waals surface area contributed by atoms with E-state index in [1.807, 2.05) is 6.92 Å². The van der Waals surface area contributed by atoms with Gasteiger partial charge in [-0.25, -0.2) is 0 Å². The number of hydrogen-bond acceptors (Lipinski definition) is 2. The van der Waals surface area contributed by atoms with Gasteiger partial charge in [0, 0.05) is 23.8 Å². The van der Waals surface area contributed by atoms with Gasteiger partial charge in [-0.05, 0) is 43.5 Å². The summed E-state index contributed by atoms with van der Waals surface area (Å²) in [5, 5.41) is 3.38. The monoisotopic (exact) mass is 280 g/mol. The highest BCUT2D eigenvalue weighted by Gasteiger charge is 2.20. The van der Waals surface area contributed by atoms with Crippen LogP contribution in [0.3, 0.4) is 0 Å². The van der Waals surface area contributed by atoms with Gasteiger partial charge in [-0.3, -0.25) is 9.59 Å². The van der Waals surface area contributed by atoms with Crippen molar-refractivity contribution < 1.29 is 9.59 Å². The van der Waals surface area contributed by atoms with Crippen molar-refractivity contribution >= 4 is 29.1 Å². The Bertz CT molecular complexity index is 496. The summed E-state index contributed by atoms with van der Waals surface area (Å²) in [7, 11) is 0. The van der Waals surface area contributed by atoms with Gasteiger partial charge in [-0.1, -0.05) is 11.6 Å². The van der Waals surface area contributed by atoms with E-state index < -0.39 is 0 Å². The summed E-state index contributed by atoms with van der Waals surface area (Å²) in [5.41, 5.74) is 1.58. The van der Waals surface area contributed by atoms with Gasteiger partial charge in [0.05, 0.1) is 0 Å². The van der Waals surface area contributed by atoms with Gasteiger partial charge >= 0.3 is 0 Å². The van der Waals surface area contributed by atoms with Gasteiger partial charge < -0.3 is 10.2 Å². The van der Waals surface area contributed by atoms with E-state index in [0.717, 1.165) is 31.5 Å². The Morgan fingerprint density at radius 3 is 2.63 bits per heavy atom. The van der Waals surface area contributed by atoms with Crippen molar-refractivity contribution in [2.24, 2.45) is 0 Å². The van der Waals surface area contributed by atoms with Crippen molar-refractivity contribution in [3.63, 3.8) is 0 Å². The second kappa shape index (κ2) is 6.06. The predicted octanol–water partition coefficient (Wildman–Crippen LogP) is 2.60. The molecule has 0 atom stereocenters. The van der Waals surface area contributed by atoms with Crippen LogP contribution in [0.1, 0.15) is 24.8 Å². The molecule has 0 bridgehead atoms. The van der Waals surface area contributed by atoms with Crippen molar-refractivity contribution in [3.8, 4) is 0 Å². The van der Waals surface area contributed by atoms with Gasteiger partial charge in [0.2, 0.25) is 11.8 Å². The minimum Gasteiger partial charge on any atom is -0.342 e. The van der Waals surface area contributed by atoms with E-state index in [9.17, 15) is 9.59 Å². The van der Waals surface area contributed by atoms with Crippen molar-refractivity contribution in [2.45, 2.75) is 26.2 Å². The van der Waals surface area contributed by atoms with E-state index in [1.54, 1.807) is 23.1 Å². The van der Waals surface area contributed by atoms with Crippen LogP contribution < -0.4 is 5.32 Å². The number of benzene rings is 1. The van der Waals surface area contributed by atoms with Crippen LogP contribution in [0, 0.1) is 6.92 Å². The van der Waals surface area contributed by atoms with Crippen LogP contribution in [0.4, 0.5) is 5.69 Å². The first-order valence-electron chi connectivity index (χ1n) is 6.40. The van der Waals surface area contributed by atoms with Crippen LogP contribution in [0.25, 0.3) is 0 Å². The third kappa shape index (κ3) is 3.70.